The van der Waals surface area contributed by atoms with Crippen molar-refractivity contribution in [2.24, 2.45) is 0 Å². The molecule has 24 heavy (non-hydrogen) atoms. The first kappa shape index (κ1) is 23.2. The lowest BCUT2D eigenvalue weighted by atomic mass is 9.99. The SMILES string of the molecule is [NH]CCNCCNC(=O)CSCCCC(F)(C(F)(F)F)C(F)(F)F. The number of carbonyl (C=O) groups is 1. The third-order valence-electron chi connectivity index (χ3n) is 2.87. The molecule has 12 heteroatoms. The second-order valence-electron chi connectivity index (χ2n) is 4.80. The van der Waals surface area contributed by atoms with Gasteiger partial charge in [0.2, 0.25) is 5.91 Å². The highest BCUT2D eigenvalue weighted by molar-refractivity contribution is 7.99. The van der Waals surface area contributed by atoms with Crippen LogP contribution in [0.25, 0.3) is 0 Å². The summed E-state index contributed by atoms with van der Waals surface area (Å²) in [6.07, 6.45) is -14.5. The minimum Gasteiger partial charge on any atom is -0.354 e. The number of hydrogen-bond acceptors (Lipinski definition) is 3. The molecule has 1 amide bonds. The van der Waals surface area contributed by atoms with Crippen LogP contribution < -0.4 is 16.4 Å². The molecule has 0 unspecified atom stereocenters. The Labute approximate surface area is 139 Å². The zero-order valence-electron chi connectivity index (χ0n) is 12.6. The van der Waals surface area contributed by atoms with Crippen LogP contribution in [-0.4, -0.2) is 61.6 Å². The molecule has 0 rings (SSSR count). The maximum atomic E-state index is 13.3. The summed E-state index contributed by atoms with van der Waals surface area (Å²) >= 11 is 0.828. The van der Waals surface area contributed by atoms with Gasteiger partial charge < -0.3 is 10.6 Å². The topological polar surface area (TPSA) is 64.9 Å². The molecular weight excluding hydrogens is 367 g/mol. The van der Waals surface area contributed by atoms with E-state index in [1.165, 1.54) is 0 Å². The Morgan fingerprint density at radius 3 is 2.04 bits per heavy atom. The highest BCUT2D eigenvalue weighted by Crippen LogP contribution is 2.48. The number of halogens is 7. The van der Waals surface area contributed by atoms with Crippen LogP contribution in [0, 0.1) is 0 Å². The molecule has 3 N–H and O–H groups in total. The molecule has 0 heterocycles. The quantitative estimate of drug-likeness (QED) is 0.423. The van der Waals surface area contributed by atoms with Gasteiger partial charge in [0.1, 0.15) is 0 Å². The lowest BCUT2D eigenvalue weighted by Crippen LogP contribution is -2.53. The molecule has 0 fully saturated rings. The van der Waals surface area contributed by atoms with Crippen LogP contribution in [0.15, 0.2) is 0 Å². The van der Waals surface area contributed by atoms with Crippen LogP contribution in [0.4, 0.5) is 30.7 Å². The van der Waals surface area contributed by atoms with Crippen LogP contribution in [-0.2, 0) is 4.79 Å². The summed E-state index contributed by atoms with van der Waals surface area (Å²) in [5, 5.41) is 5.33. The molecule has 0 aliphatic carbocycles. The summed E-state index contributed by atoms with van der Waals surface area (Å²) < 4.78 is 87.0. The van der Waals surface area contributed by atoms with Crippen molar-refractivity contribution < 1.29 is 35.5 Å². The zero-order valence-corrected chi connectivity index (χ0v) is 13.4. The highest BCUT2D eigenvalue weighted by atomic mass is 32.2. The average molecular weight is 386 g/mol. The van der Waals surface area contributed by atoms with Gasteiger partial charge in [-0.3, -0.25) is 10.5 Å². The van der Waals surface area contributed by atoms with Crippen molar-refractivity contribution in [1.29, 1.82) is 0 Å². The largest absolute Gasteiger partial charge is 0.431 e. The highest BCUT2D eigenvalue weighted by Gasteiger charge is 2.71. The molecule has 0 spiro atoms. The van der Waals surface area contributed by atoms with E-state index in [9.17, 15) is 35.5 Å². The monoisotopic (exact) mass is 386 g/mol. The minimum absolute atomic E-state index is 0.143. The van der Waals surface area contributed by atoms with Gasteiger partial charge in [-0.2, -0.15) is 38.1 Å². The molecule has 0 aromatic carbocycles. The van der Waals surface area contributed by atoms with Gasteiger partial charge in [0, 0.05) is 32.6 Å². The summed E-state index contributed by atoms with van der Waals surface area (Å²) in [6.45, 7) is 1.38. The molecular formula is C12H19F7N3OS. The minimum atomic E-state index is -6.03. The Morgan fingerprint density at radius 2 is 1.54 bits per heavy atom. The normalized spacial score (nSPS) is 13.2. The summed E-state index contributed by atoms with van der Waals surface area (Å²) in [5.74, 6) is -0.774. The van der Waals surface area contributed by atoms with Gasteiger partial charge in [-0.25, -0.2) is 4.39 Å². The molecule has 0 aliphatic heterocycles. The van der Waals surface area contributed by atoms with Crippen molar-refractivity contribution >= 4 is 17.7 Å². The third-order valence-corrected chi connectivity index (χ3v) is 3.91. The average Bonchev–Trinajstić information content (AvgIpc) is 2.44. The van der Waals surface area contributed by atoms with Gasteiger partial charge in [0.25, 0.3) is 5.67 Å². The molecule has 4 nitrogen and oxygen atoms in total. The fraction of sp³-hybridized carbons (Fsp3) is 0.917. The first-order valence-electron chi connectivity index (χ1n) is 6.98. The second kappa shape index (κ2) is 10.3. The summed E-state index contributed by atoms with van der Waals surface area (Å²) in [5.41, 5.74) is 1.62. The van der Waals surface area contributed by atoms with Crippen molar-refractivity contribution in [2.75, 3.05) is 37.7 Å². The summed E-state index contributed by atoms with van der Waals surface area (Å²) in [6, 6.07) is 0. The maximum Gasteiger partial charge on any atom is 0.431 e. The van der Waals surface area contributed by atoms with Crippen molar-refractivity contribution in [3.05, 3.63) is 0 Å². The van der Waals surface area contributed by atoms with Gasteiger partial charge in [-0.05, 0) is 12.2 Å². The number of carbonyl (C=O) groups excluding carboxylic acids is 1. The van der Waals surface area contributed by atoms with Crippen LogP contribution in [0.1, 0.15) is 12.8 Å². The van der Waals surface area contributed by atoms with Crippen molar-refractivity contribution in [2.45, 2.75) is 30.9 Å². The molecule has 0 saturated carbocycles. The van der Waals surface area contributed by atoms with E-state index in [1.807, 2.05) is 0 Å². The van der Waals surface area contributed by atoms with Crippen LogP contribution >= 0.6 is 11.8 Å². The Bertz CT molecular complexity index is 363. The smallest absolute Gasteiger partial charge is 0.354 e. The van der Waals surface area contributed by atoms with Crippen molar-refractivity contribution in [3.8, 4) is 0 Å². The number of nitrogens with one attached hydrogen (secondary N) is 3. The predicted octanol–water partition coefficient (Wildman–Crippen LogP) is 2.32. The standard InChI is InChI=1S/C12H19F7N3OS/c13-10(11(14,15)16,12(17,18)19)2-1-7-24-8-9(23)22-6-5-21-4-3-20/h20-21H,1-8H2,(H,22,23). The van der Waals surface area contributed by atoms with Gasteiger partial charge in [-0.15, -0.1) is 0 Å². The van der Waals surface area contributed by atoms with E-state index in [0.717, 1.165) is 11.8 Å². The number of alkyl halides is 7. The molecule has 0 aromatic rings. The number of hydrogen-bond donors (Lipinski definition) is 2. The van der Waals surface area contributed by atoms with E-state index in [2.05, 4.69) is 10.6 Å². The zero-order chi connectivity index (χ0) is 18.9. The Kier molecular flexibility index (Phi) is 9.97. The summed E-state index contributed by atoms with van der Waals surface area (Å²) in [7, 11) is 0. The Morgan fingerprint density at radius 1 is 0.958 bits per heavy atom. The lowest BCUT2D eigenvalue weighted by molar-refractivity contribution is -0.343. The molecule has 0 bridgehead atoms. The third kappa shape index (κ3) is 7.88. The first-order valence-corrected chi connectivity index (χ1v) is 8.13. The number of amides is 1. The fourth-order valence-electron chi connectivity index (χ4n) is 1.58. The van der Waals surface area contributed by atoms with E-state index in [1.54, 1.807) is 0 Å². The molecule has 143 valence electrons. The van der Waals surface area contributed by atoms with Gasteiger partial charge in [0.05, 0.1) is 5.75 Å². The van der Waals surface area contributed by atoms with E-state index in [-0.39, 0.29) is 24.6 Å². The van der Waals surface area contributed by atoms with Gasteiger partial charge in [-0.1, -0.05) is 0 Å². The van der Waals surface area contributed by atoms with Crippen LogP contribution in [0.2, 0.25) is 0 Å². The number of thioether (sulfide) groups is 1. The van der Waals surface area contributed by atoms with Crippen LogP contribution in [0.3, 0.4) is 0 Å². The molecule has 0 atom stereocenters. The van der Waals surface area contributed by atoms with Gasteiger partial charge in [0.15, 0.2) is 0 Å². The Balaban J connectivity index is 4.01. The Hall–Kier alpha value is -0.750. The first-order chi connectivity index (χ1) is 11.0. The molecule has 0 saturated heterocycles. The van der Waals surface area contributed by atoms with Gasteiger partial charge >= 0.3 is 12.4 Å². The second-order valence-corrected chi connectivity index (χ2v) is 5.91. The molecule has 0 aromatic heterocycles. The van der Waals surface area contributed by atoms with Crippen LogP contribution in [0.5, 0.6) is 0 Å². The van der Waals surface area contributed by atoms with E-state index < -0.39 is 36.8 Å². The van der Waals surface area contributed by atoms with Crippen molar-refractivity contribution in [3.63, 3.8) is 0 Å². The number of rotatable bonds is 11. The fourth-order valence-corrected chi connectivity index (χ4v) is 2.36. The van der Waals surface area contributed by atoms with E-state index in [0.29, 0.717) is 13.1 Å². The predicted molar refractivity (Wildman–Crippen MR) is 76.4 cm³/mol. The molecule has 1 radical (unpaired) electrons. The van der Waals surface area contributed by atoms with E-state index in [4.69, 9.17) is 5.73 Å². The maximum absolute atomic E-state index is 13.3. The van der Waals surface area contributed by atoms with Crippen molar-refractivity contribution in [1.82, 2.24) is 16.4 Å². The summed E-state index contributed by atoms with van der Waals surface area (Å²) in [4.78, 5) is 11.3. The lowest BCUT2D eigenvalue weighted by Gasteiger charge is -2.29. The van der Waals surface area contributed by atoms with E-state index >= 15 is 0 Å². The molecule has 0 aliphatic rings.